The molecule has 2 N–H and O–H groups in total. The first kappa shape index (κ1) is 14.3. The third-order valence-corrected chi connectivity index (χ3v) is 4.33. The molecule has 2 heterocycles. The van der Waals surface area contributed by atoms with Crippen LogP contribution in [-0.4, -0.2) is 27.7 Å². The van der Waals surface area contributed by atoms with Crippen LogP contribution in [-0.2, 0) is 6.42 Å². The second kappa shape index (κ2) is 6.89. The van der Waals surface area contributed by atoms with E-state index in [0.29, 0.717) is 11.9 Å². The van der Waals surface area contributed by atoms with E-state index < -0.39 is 0 Å². The Bertz CT molecular complexity index is 528. The topological polar surface area (TPSA) is 66.7 Å². The average molecular weight is 288 g/mol. The summed E-state index contributed by atoms with van der Waals surface area (Å²) in [7, 11) is 0. The van der Waals surface area contributed by atoms with Crippen molar-refractivity contribution in [1.82, 2.24) is 20.4 Å². The molecule has 5 heteroatoms. The molecule has 21 heavy (non-hydrogen) atoms. The molecule has 0 saturated heterocycles. The molecule has 1 aliphatic carbocycles. The van der Waals surface area contributed by atoms with Gasteiger partial charge in [0.1, 0.15) is 0 Å². The summed E-state index contributed by atoms with van der Waals surface area (Å²) in [6, 6.07) is 4.36. The van der Waals surface area contributed by atoms with Crippen molar-refractivity contribution in [2.75, 3.05) is 6.54 Å². The smallest absolute Gasteiger partial charge is 0.228 e. The molecule has 114 valence electrons. The highest BCUT2D eigenvalue weighted by Crippen LogP contribution is 2.29. The molecule has 3 rings (SSSR count). The van der Waals surface area contributed by atoms with Crippen molar-refractivity contribution >= 4 is 0 Å². The molecule has 0 aliphatic heterocycles. The zero-order valence-corrected chi connectivity index (χ0v) is 12.6. The number of rotatable bonds is 7. The van der Waals surface area contributed by atoms with Gasteiger partial charge in [0.15, 0.2) is 0 Å². The summed E-state index contributed by atoms with van der Waals surface area (Å²) in [6.45, 7) is 3.26. The number of nitrogens with one attached hydrogen (secondary N) is 2. The van der Waals surface area contributed by atoms with Crippen LogP contribution in [0.2, 0.25) is 0 Å². The quantitative estimate of drug-likeness (QED) is 0.821. The zero-order chi connectivity index (χ0) is 14.5. The molecule has 2 aromatic heterocycles. The summed E-state index contributed by atoms with van der Waals surface area (Å²) in [4.78, 5) is 7.63. The Hall–Kier alpha value is -1.62. The van der Waals surface area contributed by atoms with Crippen LogP contribution in [0, 0.1) is 5.92 Å². The standard InChI is InChI=1S/C16H24N4O/c1-2-9-17-14(12-6-3-4-7-12)11-15-19-16(20-21-15)13-8-5-10-18-13/h5,8,10,12,14,17-18H,2-4,6-7,9,11H2,1H3. The summed E-state index contributed by atoms with van der Waals surface area (Å²) in [5.41, 5.74) is 0.906. The average Bonchev–Trinajstić information content (AvgIpc) is 3.24. The number of H-pyrrole nitrogens is 1. The minimum Gasteiger partial charge on any atom is -0.359 e. The van der Waals surface area contributed by atoms with E-state index in [-0.39, 0.29) is 0 Å². The Morgan fingerprint density at radius 2 is 2.29 bits per heavy atom. The zero-order valence-electron chi connectivity index (χ0n) is 12.6. The number of nitrogens with zero attached hydrogens (tertiary/aromatic N) is 2. The van der Waals surface area contributed by atoms with Crippen molar-refractivity contribution in [3.8, 4) is 11.5 Å². The van der Waals surface area contributed by atoms with Gasteiger partial charge in [-0.05, 0) is 43.9 Å². The highest BCUT2D eigenvalue weighted by molar-refractivity contribution is 5.47. The lowest BCUT2D eigenvalue weighted by atomic mass is 9.95. The Labute approximate surface area is 125 Å². The van der Waals surface area contributed by atoms with Crippen LogP contribution in [0.3, 0.4) is 0 Å². The van der Waals surface area contributed by atoms with E-state index in [0.717, 1.165) is 36.9 Å². The van der Waals surface area contributed by atoms with Gasteiger partial charge in [0.25, 0.3) is 0 Å². The van der Waals surface area contributed by atoms with Gasteiger partial charge in [-0.3, -0.25) is 0 Å². The first-order valence-electron chi connectivity index (χ1n) is 8.06. The number of aromatic nitrogens is 3. The van der Waals surface area contributed by atoms with Crippen LogP contribution in [0.15, 0.2) is 22.9 Å². The number of hydrogen-bond acceptors (Lipinski definition) is 4. The maximum atomic E-state index is 5.44. The Morgan fingerprint density at radius 3 is 3.00 bits per heavy atom. The lowest BCUT2D eigenvalue weighted by molar-refractivity contribution is 0.308. The highest BCUT2D eigenvalue weighted by Gasteiger charge is 2.26. The van der Waals surface area contributed by atoms with Crippen LogP contribution >= 0.6 is 0 Å². The van der Waals surface area contributed by atoms with Crippen LogP contribution in [0.5, 0.6) is 0 Å². The first-order valence-corrected chi connectivity index (χ1v) is 8.06. The fourth-order valence-electron chi connectivity index (χ4n) is 3.20. The third-order valence-electron chi connectivity index (χ3n) is 4.33. The summed E-state index contributed by atoms with van der Waals surface area (Å²) >= 11 is 0. The van der Waals surface area contributed by atoms with E-state index in [2.05, 4.69) is 27.4 Å². The molecule has 1 atom stereocenters. The van der Waals surface area contributed by atoms with E-state index in [9.17, 15) is 0 Å². The third kappa shape index (κ3) is 3.53. The van der Waals surface area contributed by atoms with Gasteiger partial charge in [0, 0.05) is 18.7 Å². The lowest BCUT2D eigenvalue weighted by Crippen LogP contribution is -2.37. The molecule has 2 aromatic rings. The maximum Gasteiger partial charge on any atom is 0.228 e. The van der Waals surface area contributed by atoms with E-state index in [1.54, 1.807) is 0 Å². The molecule has 1 saturated carbocycles. The number of aromatic amines is 1. The maximum absolute atomic E-state index is 5.44. The largest absolute Gasteiger partial charge is 0.359 e. The van der Waals surface area contributed by atoms with Gasteiger partial charge in [0.05, 0.1) is 5.69 Å². The Kier molecular flexibility index (Phi) is 4.70. The predicted octanol–water partition coefficient (Wildman–Crippen LogP) is 3.17. The molecule has 5 nitrogen and oxygen atoms in total. The van der Waals surface area contributed by atoms with Gasteiger partial charge in [-0.15, -0.1) is 0 Å². The van der Waals surface area contributed by atoms with Gasteiger partial charge in [-0.2, -0.15) is 4.98 Å². The molecule has 0 radical (unpaired) electrons. The van der Waals surface area contributed by atoms with Gasteiger partial charge >= 0.3 is 0 Å². The van der Waals surface area contributed by atoms with E-state index in [1.807, 2.05) is 18.3 Å². The first-order chi connectivity index (χ1) is 10.4. The summed E-state index contributed by atoms with van der Waals surface area (Å²) in [5.74, 6) is 2.13. The van der Waals surface area contributed by atoms with Crippen molar-refractivity contribution < 1.29 is 4.52 Å². The summed E-state index contributed by atoms with van der Waals surface area (Å²) < 4.78 is 5.44. The second-order valence-corrected chi connectivity index (χ2v) is 5.90. The van der Waals surface area contributed by atoms with Crippen LogP contribution in [0.1, 0.15) is 44.9 Å². The molecule has 0 amide bonds. The van der Waals surface area contributed by atoms with Crippen LogP contribution in [0.25, 0.3) is 11.5 Å². The molecular weight excluding hydrogens is 264 g/mol. The lowest BCUT2D eigenvalue weighted by Gasteiger charge is -2.23. The molecule has 0 spiro atoms. The van der Waals surface area contributed by atoms with Gasteiger partial charge in [-0.25, -0.2) is 0 Å². The van der Waals surface area contributed by atoms with Gasteiger partial charge in [0.2, 0.25) is 11.7 Å². The molecule has 1 fully saturated rings. The summed E-state index contributed by atoms with van der Waals surface area (Å²) in [6.07, 6.45) is 9.20. The van der Waals surface area contributed by atoms with Crippen molar-refractivity contribution in [3.63, 3.8) is 0 Å². The van der Waals surface area contributed by atoms with Crippen LogP contribution < -0.4 is 5.32 Å². The fourth-order valence-corrected chi connectivity index (χ4v) is 3.20. The second-order valence-electron chi connectivity index (χ2n) is 5.90. The van der Waals surface area contributed by atoms with E-state index >= 15 is 0 Å². The van der Waals surface area contributed by atoms with Crippen molar-refractivity contribution in [1.29, 1.82) is 0 Å². The highest BCUT2D eigenvalue weighted by atomic mass is 16.5. The van der Waals surface area contributed by atoms with E-state index in [4.69, 9.17) is 4.52 Å². The molecular formula is C16H24N4O. The van der Waals surface area contributed by atoms with Crippen LogP contribution in [0.4, 0.5) is 0 Å². The monoisotopic (exact) mass is 288 g/mol. The molecule has 1 aliphatic rings. The molecule has 0 aromatic carbocycles. The van der Waals surface area contributed by atoms with Crippen molar-refractivity contribution in [3.05, 3.63) is 24.2 Å². The summed E-state index contributed by atoms with van der Waals surface area (Å²) in [5, 5.41) is 7.74. The predicted molar refractivity (Wildman–Crippen MR) is 81.8 cm³/mol. The number of hydrogen-bond donors (Lipinski definition) is 2. The molecule has 0 bridgehead atoms. The Morgan fingerprint density at radius 1 is 1.43 bits per heavy atom. The fraction of sp³-hybridized carbons (Fsp3) is 0.625. The Balaban J connectivity index is 1.67. The van der Waals surface area contributed by atoms with Crippen molar-refractivity contribution in [2.24, 2.45) is 5.92 Å². The van der Waals surface area contributed by atoms with Crippen molar-refractivity contribution in [2.45, 2.75) is 51.5 Å². The van der Waals surface area contributed by atoms with Gasteiger partial charge in [-0.1, -0.05) is 24.9 Å². The van der Waals surface area contributed by atoms with E-state index in [1.165, 1.54) is 25.7 Å². The van der Waals surface area contributed by atoms with Gasteiger partial charge < -0.3 is 14.8 Å². The minimum absolute atomic E-state index is 0.462. The normalized spacial score (nSPS) is 17.4. The SMILES string of the molecule is CCCNC(Cc1nc(-c2ccc[nH]2)no1)C1CCCC1. The minimum atomic E-state index is 0.462. The molecule has 1 unspecified atom stereocenters.